The van der Waals surface area contributed by atoms with Crippen LogP contribution in [0.2, 0.25) is 0 Å². The van der Waals surface area contributed by atoms with Crippen LogP contribution in [0, 0.1) is 20.8 Å². The predicted molar refractivity (Wildman–Crippen MR) is 155 cm³/mol. The lowest BCUT2D eigenvalue weighted by atomic mass is 10.0. The van der Waals surface area contributed by atoms with E-state index in [2.05, 4.69) is 72.8 Å². The van der Waals surface area contributed by atoms with Gasteiger partial charge in [0.2, 0.25) is 0 Å². The molecule has 1 aliphatic rings. The summed E-state index contributed by atoms with van der Waals surface area (Å²) in [6, 6.07) is 18.9. The van der Waals surface area contributed by atoms with E-state index in [-0.39, 0.29) is 0 Å². The molecule has 3 heterocycles. The molecule has 1 saturated heterocycles. The normalized spacial score (nSPS) is 14.3. The van der Waals surface area contributed by atoms with Crippen molar-refractivity contribution in [2.75, 3.05) is 46.6 Å². The standard InChI is InChI=1S/C32H34N4O3/c1-21-6-9-27-25(17-21)32-26(20-33-27)31(34-36(32)28-18-22(2)5-7-23(28)3)24-8-10-29(30(19-24)37-4)39-16-13-35-11-14-38-15-12-35/h5-10,17-20H,11-16H2,1-4H3. The minimum absolute atomic E-state index is 0.592. The van der Waals surface area contributed by atoms with Crippen molar-refractivity contribution in [1.82, 2.24) is 19.7 Å². The van der Waals surface area contributed by atoms with Crippen molar-refractivity contribution in [3.05, 3.63) is 77.5 Å². The Morgan fingerprint density at radius 1 is 0.872 bits per heavy atom. The highest BCUT2D eigenvalue weighted by Crippen LogP contribution is 2.38. The molecule has 0 unspecified atom stereocenters. The molecule has 6 rings (SSSR count). The third-order valence-corrected chi connectivity index (χ3v) is 7.46. The summed E-state index contributed by atoms with van der Waals surface area (Å²) >= 11 is 0. The quantitative estimate of drug-likeness (QED) is 0.266. The van der Waals surface area contributed by atoms with Crippen molar-refractivity contribution >= 4 is 21.8 Å². The van der Waals surface area contributed by atoms with Crippen molar-refractivity contribution in [1.29, 1.82) is 0 Å². The number of aryl methyl sites for hydroxylation is 3. The van der Waals surface area contributed by atoms with Crippen molar-refractivity contribution in [3.63, 3.8) is 0 Å². The smallest absolute Gasteiger partial charge is 0.161 e. The Hall–Kier alpha value is -3.94. The Balaban J connectivity index is 1.43. The first-order valence-corrected chi connectivity index (χ1v) is 13.5. The molecular formula is C32H34N4O3. The minimum Gasteiger partial charge on any atom is -0.493 e. The molecule has 0 bridgehead atoms. The van der Waals surface area contributed by atoms with Gasteiger partial charge in [-0.2, -0.15) is 5.10 Å². The van der Waals surface area contributed by atoms with E-state index in [0.29, 0.717) is 12.4 Å². The lowest BCUT2D eigenvalue weighted by Crippen LogP contribution is -2.38. The summed E-state index contributed by atoms with van der Waals surface area (Å²) in [4.78, 5) is 7.16. The second-order valence-electron chi connectivity index (χ2n) is 10.3. The highest BCUT2D eigenvalue weighted by Gasteiger charge is 2.20. The molecule has 0 N–H and O–H groups in total. The van der Waals surface area contributed by atoms with Gasteiger partial charge >= 0.3 is 0 Å². The molecule has 2 aromatic heterocycles. The maximum Gasteiger partial charge on any atom is 0.161 e. The zero-order valence-electron chi connectivity index (χ0n) is 23.0. The molecule has 3 aromatic carbocycles. The molecule has 7 nitrogen and oxygen atoms in total. The van der Waals surface area contributed by atoms with Gasteiger partial charge in [-0.25, -0.2) is 4.68 Å². The first-order valence-electron chi connectivity index (χ1n) is 13.5. The van der Waals surface area contributed by atoms with Gasteiger partial charge < -0.3 is 14.2 Å². The third kappa shape index (κ3) is 4.95. The number of rotatable bonds is 7. The lowest BCUT2D eigenvalue weighted by molar-refractivity contribution is 0.0321. The van der Waals surface area contributed by atoms with Crippen LogP contribution in [-0.2, 0) is 4.74 Å². The third-order valence-electron chi connectivity index (χ3n) is 7.46. The van der Waals surface area contributed by atoms with E-state index in [4.69, 9.17) is 24.3 Å². The molecular weight excluding hydrogens is 488 g/mol. The number of fused-ring (bicyclic) bond motifs is 3. The van der Waals surface area contributed by atoms with Crippen molar-refractivity contribution < 1.29 is 14.2 Å². The van der Waals surface area contributed by atoms with E-state index in [1.54, 1.807) is 7.11 Å². The first-order chi connectivity index (χ1) is 19.0. The molecule has 0 amide bonds. The summed E-state index contributed by atoms with van der Waals surface area (Å²) < 4.78 is 19.4. The molecule has 0 radical (unpaired) electrons. The zero-order chi connectivity index (χ0) is 26.9. The van der Waals surface area contributed by atoms with Gasteiger partial charge in [-0.05, 0) is 68.3 Å². The van der Waals surface area contributed by atoms with E-state index >= 15 is 0 Å². The van der Waals surface area contributed by atoms with E-state index in [9.17, 15) is 0 Å². The average molecular weight is 523 g/mol. The highest BCUT2D eigenvalue weighted by molar-refractivity contribution is 6.09. The Morgan fingerprint density at radius 3 is 2.49 bits per heavy atom. The number of hydrogen-bond acceptors (Lipinski definition) is 6. The number of benzene rings is 3. The van der Waals surface area contributed by atoms with Crippen LogP contribution in [0.5, 0.6) is 11.5 Å². The fraction of sp³-hybridized carbons (Fsp3) is 0.312. The summed E-state index contributed by atoms with van der Waals surface area (Å²) in [6.07, 6.45) is 1.94. The van der Waals surface area contributed by atoms with Gasteiger partial charge in [-0.1, -0.05) is 23.8 Å². The van der Waals surface area contributed by atoms with Crippen LogP contribution in [0.25, 0.3) is 38.8 Å². The van der Waals surface area contributed by atoms with E-state index < -0.39 is 0 Å². The number of ether oxygens (including phenoxy) is 3. The van der Waals surface area contributed by atoms with Crippen LogP contribution in [0.4, 0.5) is 0 Å². The molecule has 0 atom stereocenters. The summed E-state index contributed by atoms with van der Waals surface area (Å²) in [5.41, 5.74) is 8.43. The summed E-state index contributed by atoms with van der Waals surface area (Å²) in [6.45, 7) is 11.3. The Bertz CT molecular complexity index is 1650. The maximum atomic E-state index is 6.14. The van der Waals surface area contributed by atoms with Gasteiger partial charge in [0.05, 0.1) is 37.0 Å². The zero-order valence-corrected chi connectivity index (χ0v) is 23.0. The van der Waals surface area contributed by atoms with Gasteiger partial charge in [0, 0.05) is 42.2 Å². The van der Waals surface area contributed by atoms with Gasteiger partial charge in [-0.15, -0.1) is 0 Å². The largest absolute Gasteiger partial charge is 0.493 e. The van der Waals surface area contributed by atoms with Crippen LogP contribution in [-0.4, -0.2) is 66.2 Å². The molecule has 5 aromatic rings. The Kier molecular flexibility index (Phi) is 6.94. The van der Waals surface area contributed by atoms with Crippen molar-refractivity contribution in [3.8, 4) is 28.4 Å². The van der Waals surface area contributed by atoms with Crippen LogP contribution in [0.3, 0.4) is 0 Å². The summed E-state index contributed by atoms with van der Waals surface area (Å²) in [5.74, 6) is 1.42. The molecule has 1 aliphatic heterocycles. The number of hydrogen-bond donors (Lipinski definition) is 0. The van der Waals surface area contributed by atoms with Gasteiger partial charge in [0.25, 0.3) is 0 Å². The average Bonchev–Trinajstić information content (AvgIpc) is 3.35. The van der Waals surface area contributed by atoms with E-state index in [0.717, 1.165) is 82.9 Å². The number of pyridine rings is 1. The molecule has 0 aliphatic carbocycles. The number of morpholine rings is 1. The topological polar surface area (TPSA) is 61.6 Å². The summed E-state index contributed by atoms with van der Waals surface area (Å²) in [7, 11) is 1.68. The fourth-order valence-electron chi connectivity index (χ4n) is 5.28. The second-order valence-corrected chi connectivity index (χ2v) is 10.3. The second kappa shape index (κ2) is 10.7. The number of aromatic nitrogens is 3. The van der Waals surface area contributed by atoms with E-state index in [1.165, 1.54) is 11.1 Å². The van der Waals surface area contributed by atoms with Crippen LogP contribution in [0.1, 0.15) is 16.7 Å². The SMILES string of the molecule is COc1cc(-c2nn(-c3cc(C)ccc3C)c3c2cnc2ccc(C)cc23)ccc1OCCN1CCOCC1. The lowest BCUT2D eigenvalue weighted by Gasteiger charge is -2.26. The van der Waals surface area contributed by atoms with Crippen LogP contribution < -0.4 is 9.47 Å². The highest BCUT2D eigenvalue weighted by atomic mass is 16.5. The predicted octanol–water partition coefficient (Wildman–Crippen LogP) is 5.89. The Labute approximate surface area is 228 Å². The molecule has 7 heteroatoms. The van der Waals surface area contributed by atoms with Gasteiger partial charge in [-0.3, -0.25) is 9.88 Å². The number of methoxy groups -OCH3 is 1. The monoisotopic (exact) mass is 522 g/mol. The maximum absolute atomic E-state index is 6.14. The molecule has 39 heavy (non-hydrogen) atoms. The molecule has 1 fully saturated rings. The number of nitrogens with zero attached hydrogens (tertiary/aromatic N) is 4. The molecule has 200 valence electrons. The van der Waals surface area contributed by atoms with E-state index in [1.807, 2.05) is 18.3 Å². The fourth-order valence-corrected chi connectivity index (χ4v) is 5.28. The molecule has 0 saturated carbocycles. The van der Waals surface area contributed by atoms with Crippen LogP contribution >= 0.6 is 0 Å². The summed E-state index contributed by atoms with van der Waals surface area (Å²) in [5, 5.41) is 7.28. The molecule has 0 spiro atoms. The van der Waals surface area contributed by atoms with Crippen molar-refractivity contribution in [2.24, 2.45) is 0 Å². The first kappa shape index (κ1) is 25.3. The van der Waals surface area contributed by atoms with Gasteiger partial charge in [0.15, 0.2) is 11.5 Å². The minimum atomic E-state index is 0.592. The Morgan fingerprint density at radius 2 is 1.67 bits per heavy atom. The van der Waals surface area contributed by atoms with Crippen LogP contribution in [0.15, 0.2) is 60.8 Å². The van der Waals surface area contributed by atoms with Gasteiger partial charge in [0.1, 0.15) is 12.3 Å². The van der Waals surface area contributed by atoms with Crippen molar-refractivity contribution in [2.45, 2.75) is 20.8 Å².